The number of nitrogens with one attached hydrogen (secondary N) is 2. The van der Waals surface area contributed by atoms with Gasteiger partial charge < -0.3 is 19.9 Å². The van der Waals surface area contributed by atoms with Gasteiger partial charge in [0.1, 0.15) is 17.1 Å². The fraction of sp³-hybridized carbons (Fsp3) is 0.423. The largest absolute Gasteiger partial charge is 0.439 e. The normalized spacial score (nSPS) is 15.1. The number of aryl methyl sites for hydroxylation is 1. The summed E-state index contributed by atoms with van der Waals surface area (Å²) in [6, 6.07) is 9.28. The van der Waals surface area contributed by atoms with Crippen molar-refractivity contribution in [2.75, 3.05) is 0 Å². The van der Waals surface area contributed by atoms with Crippen LogP contribution in [0.1, 0.15) is 69.1 Å². The molecule has 0 aliphatic heterocycles. The Morgan fingerprint density at radius 3 is 2.69 bits per heavy atom. The molecule has 1 aromatic carbocycles. The minimum absolute atomic E-state index is 0.126. The number of benzene rings is 1. The van der Waals surface area contributed by atoms with Gasteiger partial charge in [-0.1, -0.05) is 43.0 Å². The molecule has 1 saturated carbocycles. The van der Waals surface area contributed by atoms with Gasteiger partial charge in [-0.2, -0.15) is 4.98 Å². The zero-order chi connectivity index (χ0) is 25.4. The Kier molecular flexibility index (Phi) is 8.24. The summed E-state index contributed by atoms with van der Waals surface area (Å²) in [6.45, 7) is 1.69. The first-order valence-electron chi connectivity index (χ1n) is 12.2. The van der Waals surface area contributed by atoms with Crippen molar-refractivity contribution in [1.82, 2.24) is 25.8 Å². The molecule has 0 atom stereocenters. The average Bonchev–Trinajstić information content (AvgIpc) is 3.22. The van der Waals surface area contributed by atoms with Gasteiger partial charge in [0.15, 0.2) is 5.82 Å². The van der Waals surface area contributed by atoms with Gasteiger partial charge in [-0.25, -0.2) is 9.37 Å². The Morgan fingerprint density at radius 2 is 1.94 bits per heavy atom. The smallest absolute Gasteiger partial charge is 0.227 e. The molecular formula is C26H30FN5O4. The molecule has 2 amide bonds. The Balaban J connectivity index is 1.33. The monoisotopic (exact) mass is 495 g/mol. The molecule has 9 nitrogen and oxygen atoms in total. The van der Waals surface area contributed by atoms with E-state index in [0.29, 0.717) is 23.0 Å². The summed E-state index contributed by atoms with van der Waals surface area (Å²) in [5, 5.41) is 10.0. The third-order valence-corrected chi connectivity index (χ3v) is 6.17. The number of amides is 2. The van der Waals surface area contributed by atoms with Crippen LogP contribution in [0.2, 0.25) is 0 Å². The molecule has 1 aliphatic carbocycles. The van der Waals surface area contributed by atoms with E-state index < -0.39 is 11.4 Å². The second-order valence-corrected chi connectivity index (χ2v) is 8.99. The maximum atomic E-state index is 13.5. The highest BCUT2D eigenvalue weighted by Crippen LogP contribution is 2.34. The predicted molar refractivity (Wildman–Crippen MR) is 128 cm³/mol. The van der Waals surface area contributed by atoms with Crippen LogP contribution >= 0.6 is 0 Å². The molecule has 0 spiro atoms. The summed E-state index contributed by atoms with van der Waals surface area (Å²) in [6.07, 6.45) is 7.68. The van der Waals surface area contributed by atoms with E-state index in [-0.39, 0.29) is 37.1 Å². The van der Waals surface area contributed by atoms with Crippen LogP contribution in [-0.4, -0.2) is 26.9 Å². The fourth-order valence-electron chi connectivity index (χ4n) is 4.42. The van der Waals surface area contributed by atoms with Gasteiger partial charge in [0.05, 0.1) is 0 Å². The van der Waals surface area contributed by atoms with Crippen molar-refractivity contribution in [3.63, 3.8) is 0 Å². The van der Waals surface area contributed by atoms with Gasteiger partial charge >= 0.3 is 0 Å². The summed E-state index contributed by atoms with van der Waals surface area (Å²) in [7, 11) is 0. The molecule has 1 fully saturated rings. The Bertz CT molecular complexity index is 1190. The predicted octanol–water partition coefficient (Wildman–Crippen LogP) is 4.33. The van der Waals surface area contributed by atoms with Crippen LogP contribution < -0.4 is 15.4 Å². The molecule has 10 heteroatoms. The highest BCUT2D eigenvalue weighted by molar-refractivity contribution is 5.76. The van der Waals surface area contributed by atoms with E-state index in [1.807, 2.05) is 0 Å². The van der Waals surface area contributed by atoms with Crippen LogP contribution in [0.15, 0.2) is 47.1 Å². The number of hydrogen-bond acceptors (Lipinski definition) is 7. The highest BCUT2D eigenvalue weighted by Gasteiger charge is 2.38. The second-order valence-electron chi connectivity index (χ2n) is 8.99. The van der Waals surface area contributed by atoms with Crippen LogP contribution in [-0.2, 0) is 28.1 Å². The van der Waals surface area contributed by atoms with Crippen molar-refractivity contribution in [3.05, 3.63) is 65.7 Å². The minimum Gasteiger partial charge on any atom is -0.439 e. The number of pyridine rings is 1. The SMILES string of the molecule is CC(=O)NC1(c2noc(CCC(=O)NCc3cccnc3Oc3cccc(F)c3)n2)CCCCCC1. The first-order valence-corrected chi connectivity index (χ1v) is 12.2. The Hall–Kier alpha value is -3.82. The van der Waals surface area contributed by atoms with Gasteiger partial charge in [-0.3, -0.25) is 9.59 Å². The van der Waals surface area contributed by atoms with Crippen LogP contribution in [0, 0.1) is 5.82 Å². The second kappa shape index (κ2) is 11.7. The Morgan fingerprint density at radius 1 is 1.14 bits per heavy atom. The van der Waals surface area contributed by atoms with Gasteiger partial charge in [-0.05, 0) is 31.0 Å². The zero-order valence-corrected chi connectivity index (χ0v) is 20.3. The number of halogens is 1. The summed E-state index contributed by atoms with van der Waals surface area (Å²) in [5.74, 6) is 0.690. The summed E-state index contributed by atoms with van der Waals surface area (Å²) in [5.41, 5.74) is 0.0332. The lowest BCUT2D eigenvalue weighted by atomic mass is 9.89. The molecule has 190 valence electrons. The molecule has 1 aliphatic rings. The van der Waals surface area contributed by atoms with Crippen LogP contribution in [0.4, 0.5) is 4.39 Å². The molecule has 3 aromatic rings. The molecular weight excluding hydrogens is 465 g/mol. The first-order chi connectivity index (χ1) is 17.4. The quantitative estimate of drug-likeness (QED) is 0.424. The number of rotatable bonds is 9. The summed E-state index contributed by atoms with van der Waals surface area (Å²) < 4.78 is 24.6. The topological polar surface area (TPSA) is 119 Å². The van der Waals surface area contributed by atoms with E-state index in [1.165, 1.54) is 19.1 Å². The van der Waals surface area contributed by atoms with E-state index in [9.17, 15) is 14.0 Å². The number of ether oxygens (including phenoxy) is 1. The third-order valence-electron chi connectivity index (χ3n) is 6.17. The van der Waals surface area contributed by atoms with E-state index in [2.05, 4.69) is 25.8 Å². The number of nitrogens with zero attached hydrogens (tertiary/aromatic N) is 3. The minimum atomic E-state index is -0.620. The van der Waals surface area contributed by atoms with Crippen molar-refractivity contribution in [2.45, 2.75) is 70.4 Å². The van der Waals surface area contributed by atoms with Gasteiger partial charge in [0.2, 0.25) is 23.6 Å². The maximum Gasteiger partial charge on any atom is 0.227 e. The lowest BCUT2D eigenvalue weighted by Crippen LogP contribution is -2.45. The number of carbonyl (C=O) groups excluding carboxylic acids is 2. The standard InChI is InChI=1S/C26H30FN5O4/c1-18(33)31-26(13-4-2-3-5-14-26)25-30-23(36-32-25)12-11-22(34)29-17-19-8-7-15-28-24(19)35-21-10-6-9-20(27)16-21/h6-10,15-16H,2-5,11-14,17H2,1H3,(H,29,34)(H,31,33). The van der Waals surface area contributed by atoms with Crippen molar-refractivity contribution in [3.8, 4) is 11.6 Å². The van der Waals surface area contributed by atoms with Crippen molar-refractivity contribution < 1.29 is 23.2 Å². The molecule has 4 rings (SSSR count). The van der Waals surface area contributed by atoms with Crippen molar-refractivity contribution in [1.29, 1.82) is 0 Å². The van der Waals surface area contributed by atoms with Crippen molar-refractivity contribution in [2.24, 2.45) is 0 Å². The number of aromatic nitrogens is 3. The number of carbonyl (C=O) groups is 2. The van der Waals surface area contributed by atoms with E-state index in [1.54, 1.807) is 30.5 Å². The molecule has 2 heterocycles. The van der Waals surface area contributed by atoms with Gasteiger partial charge in [-0.15, -0.1) is 0 Å². The summed E-state index contributed by atoms with van der Waals surface area (Å²) in [4.78, 5) is 33.1. The number of hydrogen-bond donors (Lipinski definition) is 2. The Labute approximate surface area is 208 Å². The highest BCUT2D eigenvalue weighted by atomic mass is 19.1. The van der Waals surface area contributed by atoms with E-state index >= 15 is 0 Å². The molecule has 0 saturated heterocycles. The fourth-order valence-corrected chi connectivity index (χ4v) is 4.42. The molecule has 0 radical (unpaired) electrons. The molecule has 0 bridgehead atoms. The summed E-state index contributed by atoms with van der Waals surface area (Å²) >= 11 is 0. The average molecular weight is 496 g/mol. The van der Waals surface area contributed by atoms with Gasteiger partial charge in [0, 0.05) is 44.1 Å². The van der Waals surface area contributed by atoms with Crippen LogP contribution in [0.3, 0.4) is 0 Å². The molecule has 0 unspecified atom stereocenters. The maximum absolute atomic E-state index is 13.5. The lowest BCUT2D eigenvalue weighted by molar-refractivity contribution is -0.122. The lowest BCUT2D eigenvalue weighted by Gasteiger charge is -2.30. The third kappa shape index (κ3) is 6.65. The van der Waals surface area contributed by atoms with Crippen LogP contribution in [0.25, 0.3) is 0 Å². The van der Waals surface area contributed by atoms with E-state index in [4.69, 9.17) is 9.26 Å². The molecule has 2 aromatic heterocycles. The van der Waals surface area contributed by atoms with Gasteiger partial charge in [0.25, 0.3) is 0 Å². The molecule has 36 heavy (non-hydrogen) atoms. The van der Waals surface area contributed by atoms with Crippen LogP contribution in [0.5, 0.6) is 11.6 Å². The first kappa shape index (κ1) is 25.3. The van der Waals surface area contributed by atoms with Crippen molar-refractivity contribution >= 4 is 11.8 Å². The van der Waals surface area contributed by atoms with E-state index in [0.717, 1.165) is 38.5 Å². The molecule has 2 N–H and O–H groups in total. The zero-order valence-electron chi connectivity index (χ0n) is 20.3.